The summed E-state index contributed by atoms with van der Waals surface area (Å²) in [4.78, 5) is 11.3. The molecule has 0 atom stereocenters. The average molecular weight is 247 g/mol. The minimum absolute atomic E-state index is 0.277. The Bertz CT molecular complexity index is 380. The minimum Gasteiger partial charge on any atom is -0.465 e. The van der Waals surface area contributed by atoms with Crippen molar-refractivity contribution >= 4 is 5.97 Å². The lowest BCUT2D eigenvalue weighted by atomic mass is 10.1. The predicted octanol–water partition coefficient (Wildman–Crippen LogP) is 2.75. The Morgan fingerprint density at radius 2 is 1.94 bits per heavy atom. The smallest absolute Gasteiger partial charge is 0.337 e. The maximum Gasteiger partial charge on any atom is 0.337 e. The van der Waals surface area contributed by atoms with Crippen molar-refractivity contribution in [3.8, 4) is 0 Å². The van der Waals surface area contributed by atoms with E-state index < -0.39 is 0 Å². The molecule has 1 aromatic carbocycles. The van der Waals surface area contributed by atoms with E-state index in [0.29, 0.717) is 5.56 Å². The first-order valence-electron chi connectivity index (χ1n) is 6.67. The second-order valence-electron chi connectivity index (χ2n) is 4.97. The van der Waals surface area contributed by atoms with Crippen molar-refractivity contribution in [1.82, 2.24) is 5.32 Å². The molecular weight excluding hydrogens is 226 g/mol. The van der Waals surface area contributed by atoms with Crippen molar-refractivity contribution in [2.75, 3.05) is 13.7 Å². The van der Waals surface area contributed by atoms with Crippen molar-refractivity contribution < 1.29 is 9.53 Å². The first kappa shape index (κ1) is 13.1. The normalized spacial score (nSPS) is 15.8. The van der Waals surface area contributed by atoms with E-state index in [-0.39, 0.29) is 5.97 Å². The molecule has 1 N–H and O–H groups in total. The van der Waals surface area contributed by atoms with Crippen molar-refractivity contribution in [3.05, 3.63) is 35.4 Å². The molecule has 1 aromatic rings. The molecule has 0 heterocycles. The van der Waals surface area contributed by atoms with Crippen LogP contribution < -0.4 is 5.32 Å². The molecule has 0 aromatic heterocycles. The highest BCUT2D eigenvalue weighted by Crippen LogP contribution is 2.23. The summed E-state index contributed by atoms with van der Waals surface area (Å²) in [7, 11) is 1.40. The molecule has 1 fully saturated rings. The number of carbonyl (C=O) groups is 1. The lowest BCUT2D eigenvalue weighted by Gasteiger charge is -2.10. The number of carbonyl (C=O) groups excluding carboxylic acids is 1. The molecule has 0 spiro atoms. The summed E-state index contributed by atoms with van der Waals surface area (Å²) in [6.45, 7) is 1.98. The zero-order valence-electron chi connectivity index (χ0n) is 10.9. The summed E-state index contributed by atoms with van der Waals surface area (Å²) in [5, 5.41) is 3.49. The molecule has 0 radical (unpaired) electrons. The molecule has 98 valence electrons. The molecule has 18 heavy (non-hydrogen) atoms. The Morgan fingerprint density at radius 1 is 1.28 bits per heavy atom. The Kier molecular flexibility index (Phi) is 4.76. The lowest BCUT2D eigenvalue weighted by molar-refractivity contribution is 0.0600. The highest BCUT2D eigenvalue weighted by Gasteiger charge is 2.13. The molecule has 1 aliphatic carbocycles. The summed E-state index contributed by atoms with van der Waals surface area (Å²) >= 11 is 0. The molecule has 2 rings (SSSR count). The van der Waals surface area contributed by atoms with Gasteiger partial charge in [-0.15, -0.1) is 0 Å². The fraction of sp³-hybridized carbons (Fsp3) is 0.533. The van der Waals surface area contributed by atoms with Crippen LogP contribution in [0.1, 0.15) is 41.6 Å². The highest BCUT2D eigenvalue weighted by atomic mass is 16.5. The monoisotopic (exact) mass is 247 g/mol. The molecule has 1 saturated carbocycles. The van der Waals surface area contributed by atoms with Crippen LogP contribution in [0.3, 0.4) is 0 Å². The average Bonchev–Trinajstić information content (AvgIpc) is 2.92. The van der Waals surface area contributed by atoms with Crippen molar-refractivity contribution in [2.45, 2.75) is 32.2 Å². The Balaban J connectivity index is 1.77. The van der Waals surface area contributed by atoms with E-state index >= 15 is 0 Å². The summed E-state index contributed by atoms with van der Waals surface area (Å²) in [5.74, 6) is 0.583. The largest absolute Gasteiger partial charge is 0.465 e. The molecule has 3 heteroatoms. The van der Waals surface area contributed by atoms with E-state index in [0.717, 1.165) is 19.0 Å². The second-order valence-corrected chi connectivity index (χ2v) is 4.97. The Morgan fingerprint density at radius 3 is 2.56 bits per heavy atom. The number of rotatable bonds is 5. The maximum atomic E-state index is 11.3. The molecule has 0 amide bonds. The van der Waals surface area contributed by atoms with E-state index in [9.17, 15) is 4.79 Å². The summed E-state index contributed by atoms with van der Waals surface area (Å²) in [6, 6.07) is 7.60. The maximum absolute atomic E-state index is 11.3. The van der Waals surface area contributed by atoms with Crippen molar-refractivity contribution in [2.24, 2.45) is 5.92 Å². The van der Waals surface area contributed by atoms with Crippen molar-refractivity contribution in [1.29, 1.82) is 0 Å². The standard InChI is InChI=1S/C15H21NO2/c1-18-15(17)14-8-6-13(7-9-14)11-16-10-12-4-2-3-5-12/h6-9,12,16H,2-5,10-11H2,1H3. The fourth-order valence-electron chi connectivity index (χ4n) is 2.51. The van der Waals surface area contributed by atoms with Crippen LogP contribution in [0, 0.1) is 5.92 Å². The lowest BCUT2D eigenvalue weighted by Crippen LogP contribution is -2.20. The first-order chi connectivity index (χ1) is 8.79. The Labute approximate surface area is 109 Å². The van der Waals surface area contributed by atoms with Gasteiger partial charge in [0.1, 0.15) is 0 Å². The van der Waals surface area contributed by atoms with Gasteiger partial charge in [0.05, 0.1) is 12.7 Å². The van der Waals surface area contributed by atoms with Gasteiger partial charge in [-0.2, -0.15) is 0 Å². The summed E-state index contributed by atoms with van der Waals surface area (Å²) in [5.41, 5.74) is 1.82. The molecule has 1 aliphatic rings. The molecule has 0 saturated heterocycles. The molecular formula is C15H21NO2. The molecule has 0 unspecified atom stereocenters. The SMILES string of the molecule is COC(=O)c1ccc(CNCC2CCCC2)cc1. The third-order valence-electron chi connectivity index (χ3n) is 3.61. The van der Waals surface area contributed by atoms with Crippen LogP contribution in [0.2, 0.25) is 0 Å². The van der Waals surface area contributed by atoms with Gasteiger partial charge in [-0.1, -0.05) is 25.0 Å². The minimum atomic E-state index is -0.277. The fourth-order valence-corrected chi connectivity index (χ4v) is 2.51. The zero-order chi connectivity index (χ0) is 12.8. The van der Waals surface area contributed by atoms with Crippen LogP contribution in [-0.4, -0.2) is 19.6 Å². The number of hydrogen-bond donors (Lipinski definition) is 1. The van der Waals surface area contributed by atoms with Crippen LogP contribution in [0.4, 0.5) is 0 Å². The van der Waals surface area contributed by atoms with Crippen LogP contribution in [0.5, 0.6) is 0 Å². The van der Waals surface area contributed by atoms with Gasteiger partial charge in [0.15, 0.2) is 0 Å². The number of esters is 1. The molecule has 0 aliphatic heterocycles. The van der Waals surface area contributed by atoms with Gasteiger partial charge in [-0.25, -0.2) is 4.79 Å². The van der Waals surface area contributed by atoms with Crippen molar-refractivity contribution in [3.63, 3.8) is 0 Å². The van der Waals surface area contributed by atoms with Gasteiger partial charge < -0.3 is 10.1 Å². The highest BCUT2D eigenvalue weighted by molar-refractivity contribution is 5.89. The number of ether oxygens (including phenoxy) is 1. The zero-order valence-corrected chi connectivity index (χ0v) is 10.9. The quantitative estimate of drug-likeness (QED) is 0.813. The third-order valence-corrected chi connectivity index (χ3v) is 3.61. The first-order valence-corrected chi connectivity index (χ1v) is 6.67. The van der Waals surface area contributed by atoms with Gasteiger partial charge in [0, 0.05) is 6.54 Å². The van der Waals surface area contributed by atoms with E-state index in [4.69, 9.17) is 0 Å². The number of hydrogen-bond acceptors (Lipinski definition) is 3. The van der Waals surface area contributed by atoms with Crippen LogP contribution in [0.15, 0.2) is 24.3 Å². The summed E-state index contributed by atoms with van der Waals surface area (Å²) < 4.78 is 4.67. The Hall–Kier alpha value is -1.35. The van der Waals surface area contributed by atoms with Crippen LogP contribution in [0.25, 0.3) is 0 Å². The van der Waals surface area contributed by atoms with Gasteiger partial charge in [0.25, 0.3) is 0 Å². The predicted molar refractivity (Wildman–Crippen MR) is 71.4 cm³/mol. The van der Waals surface area contributed by atoms with Gasteiger partial charge in [-0.05, 0) is 43.0 Å². The topological polar surface area (TPSA) is 38.3 Å². The van der Waals surface area contributed by atoms with E-state index in [1.807, 2.05) is 24.3 Å². The van der Waals surface area contributed by atoms with Gasteiger partial charge >= 0.3 is 5.97 Å². The number of benzene rings is 1. The van der Waals surface area contributed by atoms with E-state index in [2.05, 4.69) is 10.1 Å². The molecule has 0 bridgehead atoms. The van der Waals surface area contributed by atoms with Gasteiger partial charge in [-0.3, -0.25) is 0 Å². The van der Waals surface area contributed by atoms with Gasteiger partial charge in [0.2, 0.25) is 0 Å². The van der Waals surface area contributed by atoms with Crippen LogP contribution in [-0.2, 0) is 11.3 Å². The van der Waals surface area contributed by atoms with E-state index in [1.54, 1.807) is 0 Å². The van der Waals surface area contributed by atoms with E-state index in [1.165, 1.54) is 38.4 Å². The third kappa shape index (κ3) is 3.57. The number of methoxy groups -OCH3 is 1. The molecule has 3 nitrogen and oxygen atoms in total. The number of nitrogens with one attached hydrogen (secondary N) is 1. The van der Waals surface area contributed by atoms with Crippen LogP contribution >= 0.6 is 0 Å². The second kappa shape index (κ2) is 6.55. The summed E-state index contributed by atoms with van der Waals surface area (Å²) in [6.07, 6.45) is 5.52.